The standard InChI is InChI=1S/C14H19NO2/c1-9(16)10-6-11(8-12(7-10)15-5)13(17)14(2,3)4/h6-8,15H,1-5H3. The van der Waals surface area contributed by atoms with E-state index in [9.17, 15) is 9.59 Å². The Balaban J connectivity index is 3.29. The van der Waals surface area contributed by atoms with Crippen molar-refractivity contribution in [3.8, 4) is 0 Å². The summed E-state index contributed by atoms with van der Waals surface area (Å²) in [7, 11) is 1.77. The van der Waals surface area contributed by atoms with Gasteiger partial charge in [0.2, 0.25) is 0 Å². The fourth-order valence-corrected chi connectivity index (χ4v) is 1.54. The highest BCUT2D eigenvalue weighted by Gasteiger charge is 2.23. The number of carbonyl (C=O) groups excluding carboxylic acids is 2. The summed E-state index contributed by atoms with van der Waals surface area (Å²) >= 11 is 0. The van der Waals surface area contributed by atoms with Crippen LogP contribution in [0.15, 0.2) is 18.2 Å². The number of benzene rings is 1. The lowest BCUT2D eigenvalue weighted by molar-refractivity contribution is 0.0858. The van der Waals surface area contributed by atoms with E-state index < -0.39 is 5.41 Å². The average Bonchev–Trinajstić information content (AvgIpc) is 2.26. The highest BCUT2D eigenvalue weighted by Crippen LogP contribution is 2.24. The largest absolute Gasteiger partial charge is 0.388 e. The molecule has 3 heteroatoms. The van der Waals surface area contributed by atoms with Gasteiger partial charge >= 0.3 is 0 Å². The minimum atomic E-state index is -0.444. The Morgan fingerprint density at radius 2 is 1.59 bits per heavy atom. The van der Waals surface area contributed by atoms with Gasteiger partial charge in [0.25, 0.3) is 0 Å². The molecular formula is C14H19NO2. The van der Waals surface area contributed by atoms with Crippen LogP contribution in [0.1, 0.15) is 48.4 Å². The van der Waals surface area contributed by atoms with Crippen molar-refractivity contribution in [3.05, 3.63) is 29.3 Å². The molecule has 0 unspecified atom stereocenters. The highest BCUT2D eigenvalue weighted by molar-refractivity contribution is 6.04. The Hall–Kier alpha value is -1.64. The monoisotopic (exact) mass is 233 g/mol. The smallest absolute Gasteiger partial charge is 0.168 e. The van der Waals surface area contributed by atoms with Crippen LogP contribution in [-0.2, 0) is 0 Å². The van der Waals surface area contributed by atoms with Crippen molar-refractivity contribution in [2.75, 3.05) is 12.4 Å². The molecule has 92 valence electrons. The zero-order chi connectivity index (χ0) is 13.2. The molecule has 3 nitrogen and oxygen atoms in total. The summed E-state index contributed by atoms with van der Waals surface area (Å²) in [6, 6.07) is 5.19. The number of ketones is 2. The molecule has 1 aromatic carbocycles. The first-order valence-corrected chi connectivity index (χ1v) is 5.64. The van der Waals surface area contributed by atoms with Crippen LogP contribution in [0.4, 0.5) is 5.69 Å². The van der Waals surface area contributed by atoms with Gasteiger partial charge < -0.3 is 5.32 Å². The van der Waals surface area contributed by atoms with E-state index in [2.05, 4.69) is 5.32 Å². The van der Waals surface area contributed by atoms with Gasteiger partial charge in [-0.25, -0.2) is 0 Å². The van der Waals surface area contributed by atoms with E-state index in [1.54, 1.807) is 25.2 Å². The maximum Gasteiger partial charge on any atom is 0.168 e. The molecule has 0 fully saturated rings. The van der Waals surface area contributed by atoms with Crippen LogP contribution < -0.4 is 5.32 Å². The summed E-state index contributed by atoms with van der Waals surface area (Å²) in [6.45, 7) is 7.11. The zero-order valence-electron chi connectivity index (χ0n) is 11.0. The molecule has 0 amide bonds. The summed E-state index contributed by atoms with van der Waals surface area (Å²) in [6.07, 6.45) is 0. The van der Waals surface area contributed by atoms with E-state index in [-0.39, 0.29) is 11.6 Å². The van der Waals surface area contributed by atoms with Crippen LogP contribution in [0.25, 0.3) is 0 Å². The molecule has 0 saturated carbocycles. The number of nitrogens with one attached hydrogen (secondary N) is 1. The minimum absolute atomic E-state index is 0.0370. The van der Waals surface area contributed by atoms with Gasteiger partial charge in [-0.15, -0.1) is 0 Å². The van der Waals surface area contributed by atoms with Crippen molar-refractivity contribution < 1.29 is 9.59 Å². The minimum Gasteiger partial charge on any atom is -0.388 e. The number of hydrogen-bond donors (Lipinski definition) is 1. The predicted molar refractivity (Wildman–Crippen MR) is 69.8 cm³/mol. The molecule has 0 heterocycles. The van der Waals surface area contributed by atoms with Gasteiger partial charge in [0, 0.05) is 29.3 Å². The third-order valence-corrected chi connectivity index (χ3v) is 2.57. The van der Waals surface area contributed by atoms with Crippen molar-refractivity contribution in [3.63, 3.8) is 0 Å². The number of anilines is 1. The summed E-state index contributed by atoms with van der Waals surface area (Å²) in [5, 5.41) is 2.96. The fraction of sp³-hybridized carbons (Fsp3) is 0.429. The molecule has 0 radical (unpaired) electrons. The van der Waals surface area contributed by atoms with Gasteiger partial charge in [0.05, 0.1) is 0 Å². The number of Topliss-reactive ketones (excluding diaryl/α,β-unsaturated/α-hetero) is 2. The normalized spacial score (nSPS) is 11.1. The van der Waals surface area contributed by atoms with Crippen LogP contribution in [0.2, 0.25) is 0 Å². The molecule has 0 aliphatic heterocycles. The Labute approximate surface area is 102 Å². The first kappa shape index (κ1) is 13.4. The van der Waals surface area contributed by atoms with Gasteiger partial charge in [-0.1, -0.05) is 20.8 Å². The molecule has 0 spiro atoms. The van der Waals surface area contributed by atoms with E-state index >= 15 is 0 Å². The zero-order valence-corrected chi connectivity index (χ0v) is 11.0. The summed E-state index contributed by atoms with van der Waals surface area (Å²) < 4.78 is 0. The average molecular weight is 233 g/mol. The maximum absolute atomic E-state index is 12.2. The lowest BCUT2D eigenvalue weighted by Crippen LogP contribution is -2.20. The molecule has 0 aliphatic carbocycles. The Morgan fingerprint density at radius 1 is 1.06 bits per heavy atom. The van der Waals surface area contributed by atoms with Crippen LogP contribution in [0, 0.1) is 5.41 Å². The van der Waals surface area contributed by atoms with Crippen LogP contribution in [0.5, 0.6) is 0 Å². The second kappa shape index (κ2) is 4.70. The van der Waals surface area contributed by atoms with Crippen molar-refractivity contribution in [2.45, 2.75) is 27.7 Å². The second-order valence-corrected chi connectivity index (χ2v) is 5.18. The topological polar surface area (TPSA) is 46.2 Å². The molecular weight excluding hydrogens is 214 g/mol. The Bertz CT molecular complexity index is 456. The molecule has 0 atom stereocenters. The summed E-state index contributed by atoms with van der Waals surface area (Å²) in [4.78, 5) is 23.6. The molecule has 17 heavy (non-hydrogen) atoms. The molecule has 0 aromatic heterocycles. The van der Waals surface area contributed by atoms with Crippen molar-refractivity contribution >= 4 is 17.3 Å². The summed E-state index contributed by atoms with van der Waals surface area (Å²) in [5.41, 5.74) is 1.48. The lowest BCUT2D eigenvalue weighted by atomic mass is 9.85. The van der Waals surface area contributed by atoms with Crippen molar-refractivity contribution in [2.24, 2.45) is 5.41 Å². The van der Waals surface area contributed by atoms with Gasteiger partial charge in [0.15, 0.2) is 11.6 Å². The van der Waals surface area contributed by atoms with Crippen LogP contribution in [-0.4, -0.2) is 18.6 Å². The Kier molecular flexibility index (Phi) is 3.71. The highest BCUT2D eigenvalue weighted by atomic mass is 16.1. The van der Waals surface area contributed by atoms with E-state index in [0.717, 1.165) is 5.69 Å². The first-order chi connectivity index (χ1) is 7.75. The third kappa shape index (κ3) is 3.16. The van der Waals surface area contributed by atoms with Gasteiger partial charge in [0.1, 0.15) is 0 Å². The van der Waals surface area contributed by atoms with E-state index in [4.69, 9.17) is 0 Å². The second-order valence-electron chi connectivity index (χ2n) is 5.18. The summed E-state index contributed by atoms with van der Waals surface area (Å²) in [5.74, 6) is 0.00200. The quantitative estimate of drug-likeness (QED) is 0.816. The van der Waals surface area contributed by atoms with E-state index in [0.29, 0.717) is 11.1 Å². The van der Waals surface area contributed by atoms with Gasteiger partial charge in [-0.05, 0) is 25.1 Å². The molecule has 0 saturated heterocycles. The third-order valence-electron chi connectivity index (χ3n) is 2.57. The SMILES string of the molecule is CNc1cc(C(C)=O)cc(C(=O)C(C)(C)C)c1. The predicted octanol–water partition coefficient (Wildman–Crippen LogP) is 3.16. The van der Waals surface area contributed by atoms with Crippen LogP contribution >= 0.6 is 0 Å². The van der Waals surface area contributed by atoms with Gasteiger partial charge in [-0.2, -0.15) is 0 Å². The molecule has 1 N–H and O–H groups in total. The number of hydrogen-bond acceptors (Lipinski definition) is 3. The van der Waals surface area contributed by atoms with Crippen molar-refractivity contribution in [1.82, 2.24) is 0 Å². The molecule has 1 aromatic rings. The maximum atomic E-state index is 12.2. The number of rotatable bonds is 3. The molecule has 0 bridgehead atoms. The number of carbonyl (C=O) groups is 2. The lowest BCUT2D eigenvalue weighted by Gasteiger charge is -2.17. The van der Waals surface area contributed by atoms with Gasteiger partial charge in [-0.3, -0.25) is 9.59 Å². The fourth-order valence-electron chi connectivity index (χ4n) is 1.54. The molecule has 1 rings (SSSR count). The van der Waals surface area contributed by atoms with Crippen LogP contribution in [0.3, 0.4) is 0 Å². The first-order valence-electron chi connectivity index (χ1n) is 5.64. The van der Waals surface area contributed by atoms with E-state index in [1.807, 2.05) is 20.8 Å². The van der Waals surface area contributed by atoms with E-state index in [1.165, 1.54) is 6.92 Å². The molecule has 0 aliphatic rings. The van der Waals surface area contributed by atoms with Crippen molar-refractivity contribution in [1.29, 1.82) is 0 Å². The Morgan fingerprint density at radius 3 is 2.00 bits per heavy atom.